The van der Waals surface area contributed by atoms with E-state index in [9.17, 15) is 19.0 Å². The Bertz CT molecular complexity index is 1030. The van der Waals surface area contributed by atoms with Crippen molar-refractivity contribution < 1.29 is 42.1 Å². The number of quaternary nitrogens is 1. The van der Waals surface area contributed by atoms with Gasteiger partial charge in [0.1, 0.15) is 19.8 Å². The summed E-state index contributed by atoms with van der Waals surface area (Å²) in [6.07, 6.45) is 43.6. The number of rotatable bonds is 43. The summed E-state index contributed by atoms with van der Waals surface area (Å²) in [6, 6.07) is 0. The van der Waals surface area contributed by atoms with Gasteiger partial charge >= 0.3 is 19.8 Å². The van der Waals surface area contributed by atoms with Gasteiger partial charge in [0.25, 0.3) is 0 Å². The number of esters is 2. The van der Waals surface area contributed by atoms with E-state index in [4.69, 9.17) is 18.5 Å². The van der Waals surface area contributed by atoms with Gasteiger partial charge in [-0.3, -0.25) is 18.6 Å². The van der Waals surface area contributed by atoms with Crippen LogP contribution in [0.15, 0.2) is 24.3 Å². The molecule has 0 saturated carbocycles. The number of phosphoric acid groups is 1. The molecule has 0 spiro atoms. The number of ether oxygens (including phenoxy) is 2. The summed E-state index contributed by atoms with van der Waals surface area (Å²) in [7, 11) is 1.47. The van der Waals surface area contributed by atoms with Crippen LogP contribution >= 0.6 is 7.82 Å². The van der Waals surface area contributed by atoms with Crippen LogP contribution in [0.1, 0.15) is 213 Å². The molecule has 0 aliphatic carbocycles. The molecule has 0 amide bonds. The second kappa shape index (κ2) is 39.9. The SMILES string of the molecule is CCCCCCC/C=C\CCCCCCCC(=O)O[C@H](COC(=O)CCCCCCCCC/C=C\CCCCCCCCCC)COP(=O)(O)OCC[N+](C)(C)C. The van der Waals surface area contributed by atoms with E-state index < -0.39 is 26.5 Å². The van der Waals surface area contributed by atoms with Gasteiger partial charge in [0.2, 0.25) is 0 Å². The van der Waals surface area contributed by atoms with Crippen molar-refractivity contribution in [2.24, 2.45) is 0 Å². The highest BCUT2D eigenvalue weighted by atomic mass is 31.2. The number of nitrogens with zero attached hydrogens (tertiary/aromatic N) is 1. The Labute approximate surface area is 351 Å². The van der Waals surface area contributed by atoms with Crippen LogP contribution in [0.4, 0.5) is 0 Å². The number of unbranched alkanes of at least 4 members (excludes halogenated alkanes) is 25. The van der Waals surface area contributed by atoms with Gasteiger partial charge in [-0.25, -0.2) is 4.57 Å². The lowest BCUT2D eigenvalue weighted by molar-refractivity contribution is -0.870. The maximum atomic E-state index is 12.7. The van der Waals surface area contributed by atoms with E-state index in [0.717, 1.165) is 51.4 Å². The molecule has 0 saturated heterocycles. The molecule has 0 aliphatic heterocycles. The van der Waals surface area contributed by atoms with Gasteiger partial charge in [-0.2, -0.15) is 0 Å². The highest BCUT2D eigenvalue weighted by Gasteiger charge is 2.27. The lowest BCUT2D eigenvalue weighted by atomic mass is 10.1. The van der Waals surface area contributed by atoms with E-state index in [1.165, 1.54) is 128 Å². The molecule has 1 unspecified atom stereocenters. The van der Waals surface area contributed by atoms with Gasteiger partial charge < -0.3 is 18.9 Å². The van der Waals surface area contributed by atoms with Crippen LogP contribution in [-0.2, 0) is 32.7 Å². The smallest absolute Gasteiger partial charge is 0.462 e. The van der Waals surface area contributed by atoms with E-state index in [-0.39, 0.29) is 32.0 Å². The fourth-order valence-corrected chi connectivity index (χ4v) is 7.22. The minimum absolute atomic E-state index is 0.0307. The summed E-state index contributed by atoms with van der Waals surface area (Å²) >= 11 is 0. The van der Waals surface area contributed by atoms with Crippen molar-refractivity contribution >= 4 is 19.8 Å². The lowest BCUT2D eigenvalue weighted by Crippen LogP contribution is -2.37. The Hall–Kier alpha value is -1.51. The highest BCUT2D eigenvalue weighted by molar-refractivity contribution is 7.47. The average Bonchev–Trinajstić information content (AvgIpc) is 3.16. The van der Waals surface area contributed by atoms with Crippen LogP contribution in [-0.4, -0.2) is 74.9 Å². The monoisotopic (exact) mass is 829 g/mol. The maximum Gasteiger partial charge on any atom is 0.472 e. The van der Waals surface area contributed by atoms with Crippen LogP contribution in [0.2, 0.25) is 0 Å². The Morgan fingerprint density at radius 1 is 0.526 bits per heavy atom. The molecule has 0 aromatic heterocycles. The maximum absolute atomic E-state index is 12.7. The van der Waals surface area contributed by atoms with Gasteiger partial charge in [0.15, 0.2) is 6.10 Å². The van der Waals surface area contributed by atoms with Crippen molar-refractivity contribution in [3.63, 3.8) is 0 Å². The normalized spacial score (nSPS) is 13.7. The predicted molar refractivity (Wildman–Crippen MR) is 238 cm³/mol. The molecule has 0 aliphatic rings. The van der Waals surface area contributed by atoms with Gasteiger partial charge in [0, 0.05) is 12.8 Å². The Morgan fingerprint density at radius 3 is 1.30 bits per heavy atom. The number of likely N-dealkylation sites (N-methyl/N-ethyl adjacent to an activating group) is 1. The number of allylic oxidation sites excluding steroid dienone is 4. The molecule has 0 radical (unpaired) electrons. The minimum Gasteiger partial charge on any atom is -0.462 e. The molecule has 0 heterocycles. The molecule has 0 bridgehead atoms. The predicted octanol–water partition coefficient (Wildman–Crippen LogP) is 13.5. The summed E-state index contributed by atoms with van der Waals surface area (Å²) in [5.41, 5.74) is 0. The molecule has 57 heavy (non-hydrogen) atoms. The fourth-order valence-electron chi connectivity index (χ4n) is 6.47. The first-order valence-corrected chi connectivity index (χ1v) is 25.1. The third kappa shape index (κ3) is 43.9. The first-order valence-electron chi connectivity index (χ1n) is 23.6. The second-order valence-electron chi connectivity index (χ2n) is 17.1. The third-order valence-corrected chi connectivity index (χ3v) is 11.2. The van der Waals surface area contributed by atoms with E-state index >= 15 is 0 Å². The molecule has 336 valence electrons. The highest BCUT2D eigenvalue weighted by Crippen LogP contribution is 2.43. The van der Waals surface area contributed by atoms with E-state index in [1.54, 1.807) is 0 Å². The number of carbonyl (C=O) groups excluding carboxylic acids is 2. The van der Waals surface area contributed by atoms with Gasteiger partial charge in [-0.1, -0.05) is 160 Å². The minimum atomic E-state index is -4.38. The van der Waals surface area contributed by atoms with Crippen molar-refractivity contribution in [3.05, 3.63) is 24.3 Å². The van der Waals surface area contributed by atoms with Crippen LogP contribution in [0.3, 0.4) is 0 Å². The van der Waals surface area contributed by atoms with Crippen LogP contribution in [0, 0.1) is 0 Å². The van der Waals surface area contributed by atoms with Crippen molar-refractivity contribution in [3.8, 4) is 0 Å². The molecular weight excluding hydrogens is 737 g/mol. The first kappa shape index (κ1) is 55.5. The summed E-state index contributed by atoms with van der Waals surface area (Å²) in [5, 5.41) is 0. The topological polar surface area (TPSA) is 108 Å². The summed E-state index contributed by atoms with van der Waals surface area (Å²) in [4.78, 5) is 35.4. The average molecular weight is 829 g/mol. The van der Waals surface area contributed by atoms with Crippen molar-refractivity contribution in [2.75, 3.05) is 47.5 Å². The Kier molecular flexibility index (Phi) is 38.9. The largest absolute Gasteiger partial charge is 0.472 e. The fraction of sp³-hybridized carbons (Fsp3) is 0.872. The molecule has 0 aromatic rings. The van der Waals surface area contributed by atoms with Crippen molar-refractivity contribution in [2.45, 2.75) is 219 Å². The molecule has 0 aromatic carbocycles. The van der Waals surface area contributed by atoms with E-state index in [2.05, 4.69) is 38.2 Å². The van der Waals surface area contributed by atoms with Gasteiger partial charge in [-0.15, -0.1) is 0 Å². The van der Waals surface area contributed by atoms with E-state index in [0.29, 0.717) is 17.4 Å². The lowest BCUT2D eigenvalue weighted by Gasteiger charge is -2.24. The number of hydrogen-bond acceptors (Lipinski definition) is 7. The number of carbonyl (C=O) groups is 2. The van der Waals surface area contributed by atoms with Gasteiger partial charge in [0.05, 0.1) is 27.7 Å². The molecule has 1 N–H and O–H groups in total. The second-order valence-corrected chi connectivity index (χ2v) is 18.6. The van der Waals surface area contributed by atoms with Gasteiger partial charge in [-0.05, 0) is 64.2 Å². The standard InChI is InChI=1S/C47H90NO8P/c1-6-8-10-12-14-16-18-20-22-23-24-25-26-28-29-31-33-35-37-39-46(49)53-43-45(44-55-57(51,52)54-42-41-48(3,4)5)56-47(50)40-38-36-34-32-30-27-21-19-17-15-13-11-9-7-2/h19,21,23-24,45H,6-18,20,22,25-44H2,1-5H3/p+1/b21-19-,24-23-/t45-/m1/s1. The third-order valence-electron chi connectivity index (χ3n) is 10.2. The van der Waals surface area contributed by atoms with E-state index in [1.807, 2.05) is 21.1 Å². The first-order chi connectivity index (χ1) is 27.5. The summed E-state index contributed by atoms with van der Waals surface area (Å²) in [6.45, 7) is 4.42. The molecule has 9 nitrogen and oxygen atoms in total. The summed E-state index contributed by atoms with van der Waals surface area (Å²) in [5.74, 6) is -0.807. The molecule has 0 rings (SSSR count). The number of hydrogen-bond donors (Lipinski definition) is 1. The molecule has 2 atom stereocenters. The molecule has 10 heteroatoms. The Balaban J connectivity index is 4.30. The number of phosphoric ester groups is 1. The van der Waals surface area contributed by atoms with Crippen LogP contribution in [0.5, 0.6) is 0 Å². The Morgan fingerprint density at radius 2 is 0.895 bits per heavy atom. The zero-order chi connectivity index (χ0) is 42.1. The van der Waals surface area contributed by atoms with Crippen LogP contribution in [0.25, 0.3) is 0 Å². The molecular formula is C47H91NO8P+. The molecule has 0 fully saturated rings. The summed E-state index contributed by atoms with van der Waals surface area (Å²) < 4.78 is 34.3. The van der Waals surface area contributed by atoms with Crippen molar-refractivity contribution in [1.29, 1.82) is 0 Å². The quantitative estimate of drug-likeness (QED) is 0.0213. The van der Waals surface area contributed by atoms with Crippen molar-refractivity contribution in [1.82, 2.24) is 0 Å². The zero-order valence-corrected chi connectivity index (χ0v) is 38.7. The van der Waals surface area contributed by atoms with Crippen LogP contribution < -0.4 is 0 Å². The zero-order valence-electron chi connectivity index (χ0n) is 37.8.